The van der Waals surface area contributed by atoms with Crippen molar-refractivity contribution in [3.8, 4) is 5.75 Å². The zero-order chi connectivity index (χ0) is 15.1. The Labute approximate surface area is 126 Å². The van der Waals surface area contributed by atoms with E-state index in [1.807, 2.05) is 28.9 Å². The van der Waals surface area contributed by atoms with Gasteiger partial charge >= 0.3 is 0 Å². The van der Waals surface area contributed by atoms with Gasteiger partial charge in [0.1, 0.15) is 11.6 Å². The van der Waals surface area contributed by atoms with Crippen molar-refractivity contribution in [1.29, 1.82) is 0 Å². The fourth-order valence-electron chi connectivity index (χ4n) is 2.23. The number of ether oxygens (including phenoxy) is 1. The first-order valence-corrected chi connectivity index (χ1v) is 7.61. The van der Waals surface area contributed by atoms with E-state index in [-0.39, 0.29) is 0 Å². The minimum atomic E-state index is 0.499. The maximum Gasteiger partial charge on any atom is 0.150 e. The van der Waals surface area contributed by atoms with Crippen LogP contribution < -0.4 is 10.5 Å². The number of rotatable bonds is 8. The number of aryl methyl sites for hydroxylation is 3. The fourth-order valence-corrected chi connectivity index (χ4v) is 2.23. The Hall–Kier alpha value is -1.88. The molecule has 0 saturated carbocycles. The number of para-hydroxylation sites is 1. The third kappa shape index (κ3) is 4.04. The molecule has 0 bridgehead atoms. The summed E-state index contributed by atoms with van der Waals surface area (Å²) in [6.45, 7) is 6.17. The second-order valence-electron chi connectivity index (χ2n) is 4.89. The average molecular weight is 288 g/mol. The van der Waals surface area contributed by atoms with Crippen molar-refractivity contribution in [2.75, 3.05) is 6.61 Å². The Kier molecular flexibility index (Phi) is 5.75. The van der Waals surface area contributed by atoms with Gasteiger partial charge in [0, 0.05) is 37.9 Å². The van der Waals surface area contributed by atoms with Crippen LogP contribution in [0.3, 0.4) is 0 Å². The zero-order valence-corrected chi connectivity index (χ0v) is 12.9. The molecule has 2 rings (SSSR count). The van der Waals surface area contributed by atoms with E-state index in [9.17, 15) is 0 Å². The van der Waals surface area contributed by atoms with Crippen LogP contribution >= 0.6 is 0 Å². The minimum Gasteiger partial charge on any atom is -0.493 e. The molecule has 0 radical (unpaired) electrons. The minimum absolute atomic E-state index is 0.499. The monoisotopic (exact) mass is 288 g/mol. The molecule has 114 valence electrons. The average Bonchev–Trinajstić information content (AvgIpc) is 2.94. The third-order valence-electron chi connectivity index (χ3n) is 3.39. The van der Waals surface area contributed by atoms with Gasteiger partial charge in [0.15, 0.2) is 5.82 Å². The quantitative estimate of drug-likeness (QED) is 0.757. The summed E-state index contributed by atoms with van der Waals surface area (Å²) in [5.74, 6) is 2.85. The molecule has 0 aliphatic rings. The number of nitrogens with two attached hydrogens (primary N) is 1. The highest BCUT2D eigenvalue weighted by Crippen LogP contribution is 2.17. The van der Waals surface area contributed by atoms with Gasteiger partial charge in [-0.3, -0.25) is 0 Å². The van der Waals surface area contributed by atoms with Gasteiger partial charge in [-0.2, -0.15) is 5.10 Å². The first-order chi connectivity index (χ1) is 10.3. The van der Waals surface area contributed by atoms with Crippen LogP contribution in [0.25, 0.3) is 0 Å². The Morgan fingerprint density at radius 2 is 2.00 bits per heavy atom. The van der Waals surface area contributed by atoms with Gasteiger partial charge in [0.2, 0.25) is 0 Å². The van der Waals surface area contributed by atoms with Crippen molar-refractivity contribution in [2.24, 2.45) is 5.73 Å². The second-order valence-corrected chi connectivity index (χ2v) is 4.89. The number of benzene rings is 1. The molecule has 5 nitrogen and oxygen atoms in total. The molecule has 0 unspecified atom stereocenters. The zero-order valence-electron chi connectivity index (χ0n) is 12.9. The summed E-state index contributed by atoms with van der Waals surface area (Å²) < 4.78 is 7.81. The van der Waals surface area contributed by atoms with Crippen molar-refractivity contribution in [3.63, 3.8) is 0 Å². The van der Waals surface area contributed by atoms with Crippen molar-refractivity contribution in [3.05, 3.63) is 41.5 Å². The van der Waals surface area contributed by atoms with Gasteiger partial charge in [-0.15, -0.1) is 0 Å². The first-order valence-electron chi connectivity index (χ1n) is 7.61. The molecule has 1 aromatic heterocycles. The Morgan fingerprint density at radius 3 is 2.71 bits per heavy atom. The van der Waals surface area contributed by atoms with Crippen molar-refractivity contribution in [2.45, 2.75) is 46.2 Å². The molecule has 0 aliphatic heterocycles. The molecule has 0 atom stereocenters. The van der Waals surface area contributed by atoms with Gasteiger partial charge in [-0.05, 0) is 6.07 Å². The van der Waals surface area contributed by atoms with Gasteiger partial charge in [-0.1, -0.05) is 32.0 Å². The molecule has 1 heterocycles. The second kappa shape index (κ2) is 7.78. The third-order valence-corrected chi connectivity index (χ3v) is 3.39. The molecule has 2 aromatic rings. The van der Waals surface area contributed by atoms with Crippen molar-refractivity contribution >= 4 is 0 Å². The molecule has 0 spiro atoms. The van der Waals surface area contributed by atoms with E-state index in [4.69, 9.17) is 10.5 Å². The molecule has 5 heteroatoms. The van der Waals surface area contributed by atoms with Gasteiger partial charge in [-0.25, -0.2) is 9.67 Å². The van der Waals surface area contributed by atoms with E-state index in [0.717, 1.165) is 48.8 Å². The lowest BCUT2D eigenvalue weighted by atomic mass is 10.2. The molecular formula is C16H24N4O. The van der Waals surface area contributed by atoms with Crippen molar-refractivity contribution in [1.82, 2.24) is 14.8 Å². The van der Waals surface area contributed by atoms with Crippen LogP contribution in [0.4, 0.5) is 0 Å². The summed E-state index contributed by atoms with van der Waals surface area (Å²) in [6, 6.07) is 7.90. The number of hydrogen-bond acceptors (Lipinski definition) is 4. The predicted molar refractivity (Wildman–Crippen MR) is 83.2 cm³/mol. The van der Waals surface area contributed by atoms with Gasteiger partial charge in [0.25, 0.3) is 0 Å². The van der Waals surface area contributed by atoms with E-state index >= 15 is 0 Å². The molecule has 0 fully saturated rings. The van der Waals surface area contributed by atoms with Crippen LogP contribution in [0.15, 0.2) is 24.3 Å². The standard InChI is InChI=1S/C16H24N4O/c1-3-15-18-16(4-2)20(19-15)10-7-11-21-14-9-6-5-8-13(14)12-17/h5-6,8-9H,3-4,7,10-12,17H2,1-2H3. The first kappa shape index (κ1) is 15.5. The molecule has 21 heavy (non-hydrogen) atoms. The lowest BCUT2D eigenvalue weighted by molar-refractivity contribution is 0.294. The predicted octanol–water partition coefficient (Wildman–Crippen LogP) is 2.33. The highest BCUT2D eigenvalue weighted by atomic mass is 16.5. The van der Waals surface area contributed by atoms with E-state index in [2.05, 4.69) is 23.9 Å². The van der Waals surface area contributed by atoms with Crippen LogP contribution in [-0.2, 0) is 25.9 Å². The Bertz CT molecular complexity index is 565. The molecule has 0 saturated heterocycles. The summed E-state index contributed by atoms with van der Waals surface area (Å²) in [6.07, 6.45) is 2.68. The smallest absolute Gasteiger partial charge is 0.150 e. The van der Waals surface area contributed by atoms with E-state index in [0.29, 0.717) is 13.2 Å². The highest BCUT2D eigenvalue weighted by molar-refractivity contribution is 5.32. The maximum absolute atomic E-state index is 5.81. The SMILES string of the molecule is CCc1nc(CC)n(CCCOc2ccccc2CN)n1. The molecule has 0 aliphatic carbocycles. The Morgan fingerprint density at radius 1 is 1.19 bits per heavy atom. The highest BCUT2D eigenvalue weighted by Gasteiger charge is 2.07. The molecular weight excluding hydrogens is 264 g/mol. The lowest BCUT2D eigenvalue weighted by Crippen LogP contribution is -2.10. The Balaban J connectivity index is 1.86. The van der Waals surface area contributed by atoms with Crippen molar-refractivity contribution < 1.29 is 4.74 Å². The summed E-state index contributed by atoms with van der Waals surface area (Å²) in [5, 5.41) is 4.51. The van der Waals surface area contributed by atoms with Crippen LogP contribution in [-0.4, -0.2) is 21.4 Å². The molecule has 0 amide bonds. The van der Waals surface area contributed by atoms with Crippen LogP contribution in [0, 0.1) is 0 Å². The topological polar surface area (TPSA) is 66.0 Å². The summed E-state index contributed by atoms with van der Waals surface area (Å²) in [7, 11) is 0. The van der Waals surface area contributed by atoms with Gasteiger partial charge in [0.05, 0.1) is 6.61 Å². The fraction of sp³-hybridized carbons (Fsp3) is 0.500. The van der Waals surface area contributed by atoms with Gasteiger partial charge < -0.3 is 10.5 Å². The number of nitrogens with zero attached hydrogens (tertiary/aromatic N) is 3. The van der Waals surface area contributed by atoms with Crippen LogP contribution in [0.5, 0.6) is 5.75 Å². The lowest BCUT2D eigenvalue weighted by Gasteiger charge is -2.10. The maximum atomic E-state index is 5.81. The van der Waals surface area contributed by atoms with Crippen LogP contribution in [0.2, 0.25) is 0 Å². The number of hydrogen-bond donors (Lipinski definition) is 1. The normalized spacial score (nSPS) is 10.8. The molecule has 2 N–H and O–H groups in total. The van der Waals surface area contributed by atoms with E-state index < -0.39 is 0 Å². The summed E-state index contributed by atoms with van der Waals surface area (Å²) in [5.41, 5.74) is 6.74. The summed E-state index contributed by atoms with van der Waals surface area (Å²) >= 11 is 0. The van der Waals surface area contributed by atoms with E-state index in [1.54, 1.807) is 0 Å². The van der Waals surface area contributed by atoms with Crippen LogP contribution in [0.1, 0.15) is 37.5 Å². The largest absolute Gasteiger partial charge is 0.493 e. The van der Waals surface area contributed by atoms with E-state index in [1.165, 1.54) is 0 Å². The number of aromatic nitrogens is 3. The summed E-state index contributed by atoms with van der Waals surface area (Å²) in [4.78, 5) is 4.51. The molecule has 1 aromatic carbocycles.